The van der Waals surface area contributed by atoms with Gasteiger partial charge in [0.1, 0.15) is 90.0 Å². The van der Waals surface area contributed by atoms with E-state index in [1.54, 1.807) is 36.4 Å². The van der Waals surface area contributed by atoms with Crippen LogP contribution >= 0.6 is 21.6 Å². The number of urea groups is 3. The number of aliphatic imine (C=N–C) groups is 4. The molecule has 0 bridgehead atoms. The molecule has 2 aliphatic heterocycles. The van der Waals surface area contributed by atoms with Gasteiger partial charge in [0.05, 0.1) is 6.04 Å². The Hall–Kier alpha value is -15.2. The first-order valence-corrected chi connectivity index (χ1v) is 49.4. The molecule has 0 unspecified atom stereocenters. The van der Waals surface area contributed by atoms with E-state index >= 15 is 57.5 Å². The van der Waals surface area contributed by atoms with Gasteiger partial charge in [-0.1, -0.05) is 82.3 Å². The quantitative estimate of drug-likeness (QED) is 0.00846. The molecule has 2 aliphatic rings. The van der Waals surface area contributed by atoms with Crippen LogP contribution < -0.4 is 160 Å². The Morgan fingerprint density at radius 2 is 0.833 bits per heavy atom. The third-order valence-electron chi connectivity index (χ3n) is 22.8. The number of benzene rings is 4. The normalized spacial score (nSPS) is 20.1. The molecule has 2 fully saturated rings. The number of carbonyl (C=O) groups excluding carboxylic acids is 17. The van der Waals surface area contributed by atoms with Crippen LogP contribution in [0.25, 0.3) is 10.8 Å². The lowest BCUT2D eigenvalue weighted by Gasteiger charge is -2.31. The van der Waals surface area contributed by atoms with Crippen molar-refractivity contribution in [3.05, 3.63) is 108 Å². The maximum absolute atomic E-state index is 16.1. The molecule has 53 nitrogen and oxygen atoms in total. The molecule has 790 valence electrons. The molecule has 2 saturated heterocycles. The minimum Gasteiger partial charge on any atom is -0.508 e. The van der Waals surface area contributed by atoms with Gasteiger partial charge in [-0.05, 0) is 186 Å². The number of nitrogens with zero attached hydrogens (tertiary/aromatic N) is 5. The van der Waals surface area contributed by atoms with Crippen molar-refractivity contribution in [1.29, 1.82) is 0 Å². The number of amides is 20. The van der Waals surface area contributed by atoms with Crippen molar-refractivity contribution in [3.8, 4) is 11.5 Å². The Kier molecular flexibility index (Phi) is 50.8. The number of guanidine groups is 4. The second kappa shape index (κ2) is 62.2. The molecule has 4 aromatic carbocycles. The summed E-state index contributed by atoms with van der Waals surface area (Å²) in [5.74, 6) is -17.4. The third kappa shape index (κ3) is 43.1. The van der Waals surface area contributed by atoms with Crippen LogP contribution in [0.15, 0.2) is 111 Å². The Morgan fingerprint density at radius 1 is 0.417 bits per heavy atom. The van der Waals surface area contributed by atoms with Crippen molar-refractivity contribution < 1.29 is 91.7 Å². The van der Waals surface area contributed by atoms with Gasteiger partial charge in [-0.2, -0.15) is 0 Å². The molecule has 55 heteroatoms. The minimum absolute atomic E-state index is 0.0218. The highest BCUT2D eigenvalue weighted by molar-refractivity contribution is 8.76. The number of nitrogens with two attached hydrogens (primary N) is 14. The molecule has 20 amide bonds. The summed E-state index contributed by atoms with van der Waals surface area (Å²) in [6.45, 7) is -0.829. The zero-order valence-corrected chi connectivity index (χ0v) is 81.5. The van der Waals surface area contributed by atoms with Crippen molar-refractivity contribution in [3.63, 3.8) is 0 Å². The lowest BCUT2D eigenvalue weighted by atomic mass is 10.00. The fourth-order valence-electron chi connectivity index (χ4n) is 15.3. The summed E-state index contributed by atoms with van der Waals surface area (Å²) in [5, 5.41) is 61.5. The summed E-state index contributed by atoms with van der Waals surface area (Å²) in [6.07, 6.45) is -2.34. The van der Waals surface area contributed by atoms with Crippen molar-refractivity contribution in [1.82, 2.24) is 84.7 Å². The number of phenolic OH excluding ortho intramolecular Hbond substituents is 2. The van der Waals surface area contributed by atoms with E-state index in [0.29, 0.717) is 16.3 Å². The second-order valence-electron chi connectivity index (χ2n) is 34.1. The number of phenols is 2. The molecule has 4 aromatic rings. The zero-order chi connectivity index (χ0) is 106. The van der Waals surface area contributed by atoms with Gasteiger partial charge >= 0.3 is 18.1 Å². The molecular weight excluding hydrogens is 1910 g/mol. The summed E-state index contributed by atoms with van der Waals surface area (Å²) in [7, 11) is 1.48. The van der Waals surface area contributed by atoms with Gasteiger partial charge in [-0.25, -0.2) is 14.4 Å². The van der Waals surface area contributed by atoms with Crippen LogP contribution in [0.4, 0.5) is 14.4 Å². The monoisotopic (exact) mass is 2050 g/mol. The molecule has 6 rings (SSSR count). The number of fused-ring (bicyclic) bond motifs is 2. The number of rotatable bonds is 46. The Labute approximate surface area is 838 Å². The number of primary amides is 4. The smallest absolute Gasteiger partial charge is 0.312 e. The topological polar surface area (TPSA) is 928 Å². The Morgan fingerprint density at radius 3 is 1.31 bits per heavy atom. The van der Waals surface area contributed by atoms with E-state index in [9.17, 15) is 34.2 Å². The summed E-state index contributed by atoms with van der Waals surface area (Å²) < 4.78 is 0. The molecule has 144 heavy (non-hydrogen) atoms. The van der Waals surface area contributed by atoms with Gasteiger partial charge in [-0.3, -0.25) is 87.1 Å². The van der Waals surface area contributed by atoms with Crippen LogP contribution in [0.1, 0.15) is 145 Å². The van der Waals surface area contributed by atoms with E-state index in [1.165, 1.54) is 54.6 Å². The van der Waals surface area contributed by atoms with Crippen LogP contribution in [0.5, 0.6) is 11.5 Å². The molecule has 0 radical (unpaired) electrons. The number of aromatic hydroxyl groups is 2. The average molecular weight is 2050 g/mol. The van der Waals surface area contributed by atoms with E-state index in [4.69, 9.17) is 80.3 Å². The molecule has 45 N–H and O–H groups in total. The molecule has 0 saturated carbocycles. The van der Waals surface area contributed by atoms with Gasteiger partial charge in [0.2, 0.25) is 82.7 Å². The van der Waals surface area contributed by atoms with Crippen molar-refractivity contribution in [2.45, 2.75) is 219 Å². The maximum atomic E-state index is 16.1. The fraction of sp³-hybridized carbons (Fsp3) is 0.517. The van der Waals surface area contributed by atoms with Crippen LogP contribution in [-0.4, -0.2) is 289 Å². The number of unbranched alkanes of at least 4 members (excludes halogenated alkanes) is 1. The highest BCUT2D eigenvalue weighted by Crippen LogP contribution is 2.28. The van der Waals surface area contributed by atoms with Crippen LogP contribution in [-0.2, 0) is 80.0 Å². The minimum atomic E-state index is -1.93. The molecule has 2 heterocycles. The molecule has 0 aromatic heterocycles. The van der Waals surface area contributed by atoms with Crippen LogP contribution in [0.2, 0.25) is 0 Å². The van der Waals surface area contributed by atoms with E-state index < -0.39 is 210 Å². The largest absolute Gasteiger partial charge is 0.508 e. The van der Waals surface area contributed by atoms with Crippen molar-refractivity contribution >= 4 is 157 Å². The van der Waals surface area contributed by atoms with E-state index in [2.05, 4.69) is 99.7 Å². The predicted octanol–water partition coefficient (Wildman–Crippen LogP) is -7.89. The van der Waals surface area contributed by atoms with E-state index in [-0.39, 0.29) is 227 Å². The molecule has 14 atom stereocenters. The second-order valence-corrected chi connectivity index (χ2v) is 36.7. The number of nitrogens with one attached hydrogen (secondary N) is 15. The van der Waals surface area contributed by atoms with Gasteiger partial charge in [0.15, 0.2) is 23.8 Å². The van der Waals surface area contributed by atoms with Gasteiger partial charge in [-0.15, -0.1) is 0 Å². The summed E-state index contributed by atoms with van der Waals surface area (Å²) in [6, 6.07) is -3.68. The Balaban J connectivity index is 1.63. The summed E-state index contributed by atoms with van der Waals surface area (Å²) >= 11 is 0. The predicted molar refractivity (Wildman–Crippen MR) is 540 cm³/mol. The zero-order valence-electron chi connectivity index (χ0n) is 79.8. The standard InChI is InChI=1S/C89H138N34O19S2/c90-34-4-3-16-57-73(130)117-62(22-11-41-110-89(103)142)82(139)123-42-12-23-67(123)80(137)119-64(44-49-26-32-54(125)33-27-49)77(134)116-59(20-9-39-108-87(101)140)72(129)114-60(21-10-40-109-88(102)141)74(131)120-65(78(135)111-56(69(92)126)17-6-36-105-84(95)96)46-143-144-47-66(79(136)118-63(43-48-24-30-53(124)31-25-48)76(133)115-58(71(128)113-57)18-7-37-106-85(97)98)121-81(138)68(52-29-28-50-13-1-2-14-51(50)45-52)122-75(132)61(19-8-38-107-86(99)100)112-70(127)55(91)15-5-35-104-83(93)94/h1-2,13-14,24-33,45,55-68,124-125H,3-12,15-23,34-44,46-47,90-91H2,(H2,92,126)(H,111,135)(H,112,127)(H,113,128)(H,114,129)(H,115,133)(H,116,134)(H,117,130)(H,118,136)(H,119,137)(H,120,131)(H,121,138)(H,122,132)(H4,93,94,104)(H4,95,96,105)(H4,97,98,106)(H4,99,100,107)(H3,101,108,140)(H3,102,109,141)(H3,103,110,142)/t55-,56-,57+,58-,59-,60-,61-,62-,63+,64-,65+,66+,67+,68-/m0/s1. The van der Waals surface area contributed by atoms with E-state index in [1.807, 2.05) is 0 Å². The third-order valence-corrected chi connectivity index (χ3v) is 25.2. The molecule has 0 spiro atoms. The highest BCUT2D eigenvalue weighted by Gasteiger charge is 2.43. The first-order valence-electron chi connectivity index (χ1n) is 46.9. The first-order chi connectivity index (χ1) is 68.6. The molecular formula is C89H138N34O19S2. The Bertz CT molecular complexity index is 5130. The van der Waals surface area contributed by atoms with Gasteiger partial charge in [0, 0.05) is 76.7 Å². The lowest BCUT2D eigenvalue weighted by Crippen LogP contribution is -2.61. The average Bonchev–Trinajstić information content (AvgIpc) is 1.61. The first kappa shape index (κ1) is 118. The molecule has 0 aliphatic carbocycles. The van der Waals surface area contributed by atoms with Gasteiger partial charge in [0.25, 0.3) is 0 Å². The maximum Gasteiger partial charge on any atom is 0.312 e. The van der Waals surface area contributed by atoms with Crippen LogP contribution in [0.3, 0.4) is 0 Å². The van der Waals surface area contributed by atoms with E-state index in [0.717, 1.165) is 26.5 Å². The highest BCUT2D eigenvalue weighted by atomic mass is 33.1. The number of hydrogen-bond acceptors (Lipinski definition) is 27. The fourth-order valence-corrected chi connectivity index (χ4v) is 17.6. The number of carbonyl (C=O) groups is 17. The number of hydrogen-bond donors (Lipinski definition) is 31. The van der Waals surface area contributed by atoms with Crippen LogP contribution in [0, 0.1) is 0 Å². The lowest BCUT2D eigenvalue weighted by molar-refractivity contribution is -0.142. The van der Waals surface area contributed by atoms with Crippen molar-refractivity contribution in [2.24, 2.45) is 100 Å². The van der Waals surface area contributed by atoms with Crippen molar-refractivity contribution in [2.75, 3.05) is 70.4 Å². The summed E-state index contributed by atoms with van der Waals surface area (Å²) in [4.78, 5) is 266. The summed E-state index contributed by atoms with van der Waals surface area (Å²) in [5.41, 5.74) is 80.3. The SMILES string of the molecule is NCCCC[C@H]1NC(=O)[C@H](CCCN=C(N)N)NC(=O)[C@@H](Cc2ccc(O)cc2)NC(=O)[C@H](NC(=O)[C@@H](NC(=O)[C@H](CCCN=C(N)N)NC(=O)[C@@H](N)CCCN=C(N)N)c2ccc3ccccc3c2)CSSC[C@H](C(=O)N[C@@H](CCCN=C(N)N)C(N)=O)NC(=O)[C@H](CCCNC(N)=O)NC(=O)[C@H](CCCNC(N)=O)NC(=O)[C@H](Cc2ccc(O)cc2)NC(=O)[C@H]2CCCN2C(=O)[C@H](CCCNC(N)=O)NC1=O. The van der Waals surface area contributed by atoms with Gasteiger partial charge < -0.3 is 175 Å².